The van der Waals surface area contributed by atoms with Gasteiger partial charge in [0.25, 0.3) is 0 Å². The highest BCUT2D eigenvalue weighted by atomic mass is 16.4. The molecule has 2 aromatic rings. The number of anilines is 1. The topological polar surface area (TPSA) is 90.9 Å². The molecule has 6 nitrogen and oxygen atoms in total. The van der Waals surface area contributed by atoms with E-state index in [2.05, 4.69) is 20.3 Å². The molecule has 2 heterocycles. The molecule has 0 bridgehead atoms. The van der Waals surface area contributed by atoms with Crippen LogP contribution in [0, 0.1) is 0 Å². The Morgan fingerprint density at radius 1 is 1.56 bits per heavy atom. The number of aromatic amines is 1. The fraction of sp³-hybridized carbons (Fsp3) is 0.100. The third-order valence-electron chi connectivity index (χ3n) is 2.11. The minimum Gasteiger partial charge on any atom is -0.477 e. The van der Waals surface area contributed by atoms with Crippen LogP contribution in [0.1, 0.15) is 10.4 Å². The summed E-state index contributed by atoms with van der Waals surface area (Å²) in [5.41, 5.74) is 0.871. The number of carboxylic acid groups (broad SMARTS) is 1. The number of hydrogen-bond donors (Lipinski definition) is 3. The van der Waals surface area contributed by atoms with E-state index in [1.807, 2.05) is 6.07 Å². The van der Waals surface area contributed by atoms with E-state index < -0.39 is 5.97 Å². The molecule has 0 aromatic carbocycles. The maximum absolute atomic E-state index is 10.9. The van der Waals surface area contributed by atoms with Crippen molar-refractivity contribution in [1.82, 2.24) is 15.0 Å². The van der Waals surface area contributed by atoms with Crippen molar-refractivity contribution in [2.24, 2.45) is 0 Å². The van der Waals surface area contributed by atoms with E-state index in [1.165, 1.54) is 6.20 Å². The van der Waals surface area contributed by atoms with Crippen molar-refractivity contribution in [1.29, 1.82) is 0 Å². The number of H-pyrrole nitrogens is 1. The maximum Gasteiger partial charge on any atom is 0.341 e. The minimum atomic E-state index is -1.05. The standard InChI is InChI=1S/C10H10N4O2/c1-11-9-7(10(15)16)5-13-8(14-9)6-2-3-12-4-6/h2-5,12H,1H3,(H,15,16)(H,11,13,14). The average Bonchev–Trinajstić information content (AvgIpc) is 2.81. The molecular weight excluding hydrogens is 208 g/mol. The Hall–Kier alpha value is -2.37. The number of rotatable bonds is 3. The van der Waals surface area contributed by atoms with Gasteiger partial charge in [0.1, 0.15) is 11.4 Å². The molecule has 0 aliphatic rings. The van der Waals surface area contributed by atoms with Gasteiger partial charge in [0, 0.05) is 31.2 Å². The zero-order valence-corrected chi connectivity index (χ0v) is 8.56. The summed E-state index contributed by atoms with van der Waals surface area (Å²) < 4.78 is 0. The van der Waals surface area contributed by atoms with Crippen LogP contribution in [0.15, 0.2) is 24.7 Å². The van der Waals surface area contributed by atoms with Crippen molar-refractivity contribution < 1.29 is 9.90 Å². The molecule has 0 unspecified atom stereocenters. The normalized spacial score (nSPS) is 10.1. The Morgan fingerprint density at radius 3 is 2.94 bits per heavy atom. The predicted molar refractivity (Wildman–Crippen MR) is 58.3 cm³/mol. The van der Waals surface area contributed by atoms with Crippen LogP contribution >= 0.6 is 0 Å². The molecule has 16 heavy (non-hydrogen) atoms. The number of nitrogens with zero attached hydrogens (tertiary/aromatic N) is 2. The van der Waals surface area contributed by atoms with E-state index in [-0.39, 0.29) is 5.56 Å². The van der Waals surface area contributed by atoms with Crippen molar-refractivity contribution in [3.8, 4) is 11.4 Å². The van der Waals surface area contributed by atoms with Crippen molar-refractivity contribution in [3.05, 3.63) is 30.2 Å². The minimum absolute atomic E-state index is 0.0572. The number of carbonyl (C=O) groups is 1. The van der Waals surface area contributed by atoms with Crippen LogP contribution in [0.4, 0.5) is 5.82 Å². The van der Waals surface area contributed by atoms with Crippen LogP contribution in [0.5, 0.6) is 0 Å². The highest BCUT2D eigenvalue weighted by Crippen LogP contribution is 2.18. The largest absolute Gasteiger partial charge is 0.477 e. The summed E-state index contributed by atoms with van der Waals surface area (Å²) in [6.45, 7) is 0. The summed E-state index contributed by atoms with van der Waals surface area (Å²) in [4.78, 5) is 21.9. The first kappa shape index (κ1) is 10.2. The van der Waals surface area contributed by atoms with Crippen LogP contribution in [0.25, 0.3) is 11.4 Å². The second kappa shape index (κ2) is 4.01. The van der Waals surface area contributed by atoms with Crippen LogP contribution < -0.4 is 5.32 Å². The highest BCUT2D eigenvalue weighted by molar-refractivity contribution is 5.93. The van der Waals surface area contributed by atoms with Crippen LogP contribution in [0.2, 0.25) is 0 Å². The Kier molecular flexibility index (Phi) is 2.55. The smallest absolute Gasteiger partial charge is 0.341 e. The van der Waals surface area contributed by atoms with E-state index in [0.717, 1.165) is 5.56 Å². The van der Waals surface area contributed by atoms with Gasteiger partial charge in [-0.25, -0.2) is 14.8 Å². The lowest BCUT2D eigenvalue weighted by Gasteiger charge is -2.05. The average molecular weight is 218 g/mol. The Balaban J connectivity index is 2.49. The van der Waals surface area contributed by atoms with Crippen molar-refractivity contribution in [2.45, 2.75) is 0 Å². The van der Waals surface area contributed by atoms with Crippen LogP contribution in [0.3, 0.4) is 0 Å². The monoisotopic (exact) mass is 218 g/mol. The van der Waals surface area contributed by atoms with Gasteiger partial charge in [0.15, 0.2) is 5.82 Å². The lowest BCUT2D eigenvalue weighted by atomic mass is 10.2. The van der Waals surface area contributed by atoms with E-state index in [4.69, 9.17) is 5.11 Å². The molecule has 0 atom stereocenters. The number of hydrogen-bond acceptors (Lipinski definition) is 4. The number of nitrogens with one attached hydrogen (secondary N) is 2. The molecule has 6 heteroatoms. The summed E-state index contributed by atoms with van der Waals surface area (Å²) in [7, 11) is 1.62. The SMILES string of the molecule is CNc1nc(-c2cc[nH]c2)ncc1C(=O)O. The molecule has 0 saturated heterocycles. The summed E-state index contributed by atoms with van der Waals surface area (Å²) in [6.07, 6.45) is 4.79. The summed E-state index contributed by atoms with van der Waals surface area (Å²) in [5, 5.41) is 11.6. The van der Waals surface area contributed by atoms with Gasteiger partial charge in [0.05, 0.1) is 0 Å². The molecular formula is C10H10N4O2. The maximum atomic E-state index is 10.9. The molecule has 0 aliphatic heterocycles. The van der Waals surface area contributed by atoms with Gasteiger partial charge in [-0.05, 0) is 6.07 Å². The van der Waals surface area contributed by atoms with Crippen LogP contribution in [-0.4, -0.2) is 33.1 Å². The third kappa shape index (κ3) is 1.72. The van der Waals surface area contributed by atoms with E-state index in [1.54, 1.807) is 19.4 Å². The molecule has 2 aromatic heterocycles. The predicted octanol–water partition coefficient (Wildman–Crippen LogP) is 1.21. The zero-order valence-electron chi connectivity index (χ0n) is 8.56. The molecule has 0 radical (unpaired) electrons. The van der Waals surface area contributed by atoms with Gasteiger partial charge >= 0.3 is 5.97 Å². The zero-order chi connectivity index (χ0) is 11.5. The molecule has 0 amide bonds. The second-order valence-corrected chi connectivity index (χ2v) is 3.11. The van der Waals surface area contributed by atoms with Gasteiger partial charge in [-0.15, -0.1) is 0 Å². The number of carboxylic acids is 1. The van der Waals surface area contributed by atoms with E-state index in [9.17, 15) is 4.79 Å². The lowest BCUT2D eigenvalue weighted by Crippen LogP contribution is -2.06. The van der Waals surface area contributed by atoms with Gasteiger partial charge in [-0.2, -0.15) is 0 Å². The van der Waals surface area contributed by atoms with Crippen molar-refractivity contribution in [3.63, 3.8) is 0 Å². The Bertz CT molecular complexity index is 508. The number of aromatic nitrogens is 3. The first-order valence-electron chi connectivity index (χ1n) is 4.63. The molecule has 2 rings (SSSR count). The molecule has 82 valence electrons. The first-order valence-corrected chi connectivity index (χ1v) is 4.63. The molecule has 0 fully saturated rings. The van der Waals surface area contributed by atoms with Gasteiger partial charge in [-0.1, -0.05) is 0 Å². The molecule has 0 spiro atoms. The quantitative estimate of drug-likeness (QED) is 0.720. The summed E-state index contributed by atoms with van der Waals surface area (Å²) in [5.74, 6) is -0.265. The number of aromatic carboxylic acids is 1. The van der Waals surface area contributed by atoms with E-state index in [0.29, 0.717) is 11.6 Å². The van der Waals surface area contributed by atoms with Crippen molar-refractivity contribution in [2.75, 3.05) is 12.4 Å². The molecule has 3 N–H and O–H groups in total. The van der Waals surface area contributed by atoms with Crippen molar-refractivity contribution >= 4 is 11.8 Å². The summed E-state index contributed by atoms with van der Waals surface area (Å²) in [6, 6.07) is 1.81. The fourth-order valence-corrected chi connectivity index (χ4v) is 1.33. The highest BCUT2D eigenvalue weighted by Gasteiger charge is 2.13. The lowest BCUT2D eigenvalue weighted by molar-refractivity contribution is 0.0697. The van der Waals surface area contributed by atoms with Gasteiger partial charge in [0.2, 0.25) is 0 Å². The Morgan fingerprint density at radius 2 is 2.38 bits per heavy atom. The van der Waals surface area contributed by atoms with Gasteiger partial charge < -0.3 is 15.4 Å². The first-order chi connectivity index (χ1) is 7.72. The molecule has 0 aliphatic carbocycles. The Labute approximate surface area is 91.4 Å². The second-order valence-electron chi connectivity index (χ2n) is 3.11. The fourth-order valence-electron chi connectivity index (χ4n) is 1.33. The summed E-state index contributed by atoms with van der Waals surface area (Å²) >= 11 is 0. The molecule has 0 saturated carbocycles. The van der Waals surface area contributed by atoms with E-state index >= 15 is 0 Å². The third-order valence-corrected chi connectivity index (χ3v) is 2.11. The van der Waals surface area contributed by atoms with Crippen LogP contribution in [-0.2, 0) is 0 Å². The van der Waals surface area contributed by atoms with Gasteiger partial charge in [-0.3, -0.25) is 0 Å².